The van der Waals surface area contributed by atoms with E-state index < -0.39 is 6.10 Å². The molecule has 0 bridgehead atoms. The van der Waals surface area contributed by atoms with Crippen LogP contribution in [0.1, 0.15) is 31.2 Å². The summed E-state index contributed by atoms with van der Waals surface area (Å²) in [6, 6.07) is 7.89. The Kier molecular flexibility index (Phi) is 5.76. The third-order valence-corrected chi connectivity index (χ3v) is 5.60. The van der Waals surface area contributed by atoms with Crippen LogP contribution in [0.4, 0.5) is 0 Å². The average Bonchev–Trinajstić information content (AvgIpc) is 2.91. The predicted octanol–water partition coefficient (Wildman–Crippen LogP) is 1.52. The predicted molar refractivity (Wildman–Crippen MR) is 94.6 cm³/mol. The Morgan fingerprint density at radius 1 is 1.29 bits per heavy atom. The van der Waals surface area contributed by atoms with Gasteiger partial charge < -0.3 is 16.2 Å². The van der Waals surface area contributed by atoms with Crippen LogP contribution in [0.15, 0.2) is 24.3 Å². The fraction of sp³-hybridized carbons (Fsp3) is 0.611. The summed E-state index contributed by atoms with van der Waals surface area (Å²) in [6.07, 6.45) is 2.41. The molecule has 2 fully saturated rings. The summed E-state index contributed by atoms with van der Waals surface area (Å²) in [6.45, 7) is 2.75. The normalized spacial score (nSPS) is 28.9. The molecule has 1 aliphatic carbocycles. The number of piperidine rings is 1. The molecule has 1 amide bonds. The third kappa shape index (κ3) is 4.28. The summed E-state index contributed by atoms with van der Waals surface area (Å²) < 4.78 is 0. The van der Waals surface area contributed by atoms with Gasteiger partial charge in [-0.05, 0) is 37.3 Å². The van der Waals surface area contributed by atoms with Crippen LogP contribution in [0.2, 0.25) is 5.02 Å². The van der Waals surface area contributed by atoms with Crippen molar-refractivity contribution < 1.29 is 9.90 Å². The highest BCUT2D eigenvalue weighted by Gasteiger charge is 2.35. The molecule has 1 aromatic carbocycles. The van der Waals surface area contributed by atoms with E-state index in [2.05, 4.69) is 16.3 Å². The van der Waals surface area contributed by atoms with Crippen LogP contribution >= 0.6 is 11.6 Å². The highest BCUT2D eigenvalue weighted by Crippen LogP contribution is 2.26. The number of rotatable bonds is 4. The van der Waals surface area contributed by atoms with Crippen molar-refractivity contribution in [3.8, 4) is 0 Å². The molecule has 5 nitrogen and oxygen atoms in total. The van der Waals surface area contributed by atoms with Gasteiger partial charge in [0.05, 0.1) is 6.10 Å². The van der Waals surface area contributed by atoms with Crippen molar-refractivity contribution in [2.45, 2.75) is 50.4 Å². The number of carbonyl (C=O) groups excluding carboxylic acids is 1. The first-order chi connectivity index (χ1) is 11.5. The minimum atomic E-state index is -0.543. The molecule has 6 heteroatoms. The molecule has 1 aromatic rings. The number of hydrogen-bond donors (Lipinski definition) is 3. The van der Waals surface area contributed by atoms with E-state index in [0.717, 1.165) is 43.1 Å². The zero-order valence-electron chi connectivity index (χ0n) is 13.8. The topological polar surface area (TPSA) is 78.6 Å². The van der Waals surface area contributed by atoms with Crippen LogP contribution in [0, 0.1) is 5.92 Å². The molecule has 0 aromatic heterocycles. The molecule has 4 N–H and O–H groups in total. The standard InChI is InChI=1S/C18H26ClN3O2/c19-15-4-2-1-3-12(15)11-22-7-5-14(6-8-22)21-18(24)13-9-16(20)17(23)10-13/h1-4,13-14,16-17,23H,5-11,20H2,(H,21,24)/t13-,16+,17+/m0/s1. The number of nitrogens with one attached hydrogen (secondary N) is 1. The van der Waals surface area contributed by atoms with Crippen LogP contribution in [0.5, 0.6) is 0 Å². The number of carbonyl (C=O) groups is 1. The maximum atomic E-state index is 12.3. The molecule has 1 aliphatic heterocycles. The molecule has 0 radical (unpaired) electrons. The van der Waals surface area contributed by atoms with Crippen molar-refractivity contribution in [1.82, 2.24) is 10.2 Å². The van der Waals surface area contributed by atoms with Crippen molar-refractivity contribution >= 4 is 17.5 Å². The molecule has 0 unspecified atom stereocenters. The fourth-order valence-electron chi connectivity index (χ4n) is 3.68. The summed E-state index contributed by atoms with van der Waals surface area (Å²) in [5.74, 6) is -0.0947. The Labute approximate surface area is 148 Å². The number of amides is 1. The molecule has 1 saturated heterocycles. The van der Waals surface area contributed by atoms with E-state index in [1.54, 1.807) is 0 Å². The maximum Gasteiger partial charge on any atom is 0.223 e. The Hall–Kier alpha value is -1.14. The number of hydrogen-bond acceptors (Lipinski definition) is 4. The van der Waals surface area contributed by atoms with Gasteiger partial charge in [-0.15, -0.1) is 0 Å². The van der Waals surface area contributed by atoms with Gasteiger partial charge in [-0.2, -0.15) is 0 Å². The minimum Gasteiger partial charge on any atom is -0.391 e. The van der Waals surface area contributed by atoms with E-state index in [-0.39, 0.29) is 23.9 Å². The van der Waals surface area contributed by atoms with Gasteiger partial charge >= 0.3 is 0 Å². The van der Waals surface area contributed by atoms with Gasteiger partial charge in [-0.25, -0.2) is 0 Å². The zero-order valence-corrected chi connectivity index (χ0v) is 14.6. The smallest absolute Gasteiger partial charge is 0.223 e. The number of nitrogens with zero attached hydrogens (tertiary/aromatic N) is 1. The van der Waals surface area contributed by atoms with E-state index in [4.69, 9.17) is 17.3 Å². The molecule has 1 heterocycles. The van der Waals surface area contributed by atoms with Crippen molar-refractivity contribution in [1.29, 1.82) is 0 Å². The Morgan fingerprint density at radius 2 is 2.00 bits per heavy atom. The van der Waals surface area contributed by atoms with Crippen LogP contribution < -0.4 is 11.1 Å². The van der Waals surface area contributed by atoms with Crippen molar-refractivity contribution in [2.75, 3.05) is 13.1 Å². The Balaban J connectivity index is 1.44. The van der Waals surface area contributed by atoms with E-state index in [0.29, 0.717) is 12.8 Å². The minimum absolute atomic E-state index is 0.0477. The first-order valence-corrected chi connectivity index (χ1v) is 9.10. The van der Waals surface area contributed by atoms with Crippen LogP contribution in [-0.2, 0) is 11.3 Å². The molecule has 132 valence electrons. The van der Waals surface area contributed by atoms with E-state index in [9.17, 15) is 9.90 Å². The lowest BCUT2D eigenvalue weighted by Gasteiger charge is -2.33. The van der Waals surface area contributed by atoms with E-state index in [1.807, 2.05) is 18.2 Å². The first kappa shape index (κ1) is 17.7. The lowest BCUT2D eigenvalue weighted by atomic mass is 10.0. The second kappa shape index (κ2) is 7.83. The highest BCUT2D eigenvalue weighted by atomic mass is 35.5. The largest absolute Gasteiger partial charge is 0.391 e. The Bertz CT molecular complexity index is 565. The second-order valence-corrected chi connectivity index (χ2v) is 7.46. The fourth-order valence-corrected chi connectivity index (χ4v) is 3.88. The molecule has 24 heavy (non-hydrogen) atoms. The van der Waals surface area contributed by atoms with Crippen LogP contribution in [-0.4, -0.2) is 47.2 Å². The summed E-state index contributed by atoms with van der Waals surface area (Å²) in [7, 11) is 0. The van der Waals surface area contributed by atoms with E-state index >= 15 is 0 Å². The SMILES string of the molecule is N[C@@H]1C[C@H](C(=O)NC2CCN(Cc3ccccc3Cl)CC2)C[C@H]1O. The van der Waals surface area contributed by atoms with E-state index in [1.165, 1.54) is 0 Å². The third-order valence-electron chi connectivity index (χ3n) is 5.23. The van der Waals surface area contributed by atoms with Crippen molar-refractivity contribution in [2.24, 2.45) is 11.7 Å². The number of benzene rings is 1. The quantitative estimate of drug-likeness (QED) is 0.768. The number of aliphatic hydroxyl groups excluding tert-OH is 1. The number of halogens is 1. The van der Waals surface area contributed by atoms with Crippen LogP contribution in [0.3, 0.4) is 0 Å². The number of aliphatic hydroxyl groups is 1. The first-order valence-electron chi connectivity index (χ1n) is 8.72. The second-order valence-electron chi connectivity index (χ2n) is 7.05. The number of nitrogens with two attached hydrogens (primary N) is 1. The lowest BCUT2D eigenvalue weighted by Crippen LogP contribution is -2.46. The highest BCUT2D eigenvalue weighted by molar-refractivity contribution is 6.31. The number of likely N-dealkylation sites (tertiary alicyclic amines) is 1. The monoisotopic (exact) mass is 351 g/mol. The van der Waals surface area contributed by atoms with Crippen molar-refractivity contribution in [3.63, 3.8) is 0 Å². The van der Waals surface area contributed by atoms with Gasteiger partial charge in [0.15, 0.2) is 0 Å². The van der Waals surface area contributed by atoms with Crippen LogP contribution in [0.25, 0.3) is 0 Å². The van der Waals surface area contributed by atoms with Gasteiger partial charge in [0.2, 0.25) is 5.91 Å². The maximum absolute atomic E-state index is 12.3. The molecular formula is C18H26ClN3O2. The molecule has 3 rings (SSSR count). The van der Waals surface area contributed by atoms with Gasteiger partial charge in [0, 0.05) is 42.7 Å². The van der Waals surface area contributed by atoms with Gasteiger partial charge in [0.1, 0.15) is 0 Å². The molecule has 3 atom stereocenters. The Morgan fingerprint density at radius 3 is 2.62 bits per heavy atom. The molecule has 1 saturated carbocycles. The zero-order chi connectivity index (χ0) is 17.1. The van der Waals surface area contributed by atoms with Gasteiger partial charge in [-0.3, -0.25) is 9.69 Å². The molecular weight excluding hydrogens is 326 g/mol. The summed E-state index contributed by atoms with van der Waals surface area (Å²) in [5.41, 5.74) is 6.94. The summed E-state index contributed by atoms with van der Waals surface area (Å²) in [5, 5.41) is 13.6. The summed E-state index contributed by atoms with van der Waals surface area (Å²) in [4.78, 5) is 14.7. The van der Waals surface area contributed by atoms with Gasteiger partial charge in [0.25, 0.3) is 0 Å². The molecule has 0 spiro atoms. The summed E-state index contributed by atoms with van der Waals surface area (Å²) >= 11 is 6.22. The molecule has 2 aliphatic rings. The average molecular weight is 352 g/mol. The van der Waals surface area contributed by atoms with Gasteiger partial charge in [-0.1, -0.05) is 29.8 Å². The lowest BCUT2D eigenvalue weighted by molar-refractivity contribution is -0.126. The van der Waals surface area contributed by atoms with Crippen molar-refractivity contribution in [3.05, 3.63) is 34.9 Å².